The van der Waals surface area contributed by atoms with Crippen LogP contribution in [0.3, 0.4) is 0 Å². The zero-order chi connectivity index (χ0) is 15.9. The zero-order valence-electron chi connectivity index (χ0n) is 12.4. The van der Waals surface area contributed by atoms with Gasteiger partial charge in [0.15, 0.2) is 11.4 Å². The molecule has 0 aliphatic heterocycles. The lowest BCUT2D eigenvalue weighted by Gasteiger charge is -2.03. The van der Waals surface area contributed by atoms with E-state index in [4.69, 9.17) is 9.84 Å². The van der Waals surface area contributed by atoms with Crippen molar-refractivity contribution in [1.29, 1.82) is 0 Å². The lowest BCUT2D eigenvalue weighted by molar-refractivity contribution is -0.138. The van der Waals surface area contributed by atoms with Gasteiger partial charge in [-0.05, 0) is 19.1 Å². The summed E-state index contributed by atoms with van der Waals surface area (Å²) < 4.78 is 7.40. The number of amides is 1. The number of aliphatic carboxylic acids is 1. The molecule has 1 amide bonds. The van der Waals surface area contributed by atoms with Crippen molar-refractivity contribution < 1.29 is 19.4 Å². The average Bonchev–Trinajstić information content (AvgIpc) is 2.89. The number of carbonyl (C=O) groups is 2. The minimum Gasteiger partial charge on any atom is -0.490 e. The molecule has 0 spiro atoms. The molecule has 2 N–H and O–H groups in total. The number of nitrogens with zero attached hydrogens (tertiary/aromatic N) is 2. The third-order valence-corrected chi connectivity index (χ3v) is 3.07. The van der Waals surface area contributed by atoms with Gasteiger partial charge in [-0.25, -0.2) is 4.98 Å². The Morgan fingerprint density at radius 3 is 2.95 bits per heavy atom. The average molecular weight is 305 g/mol. The number of fused-ring (bicyclic) bond motifs is 1. The smallest absolute Gasteiger partial charge is 0.303 e. The van der Waals surface area contributed by atoms with Gasteiger partial charge in [0.1, 0.15) is 0 Å². The molecule has 0 atom stereocenters. The number of rotatable bonds is 8. The molecular weight excluding hydrogens is 286 g/mol. The van der Waals surface area contributed by atoms with Crippen molar-refractivity contribution in [3.63, 3.8) is 0 Å². The van der Waals surface area contributed by atoms with Crippen LogP contribution in [0.2, 0.25) is 0 Å². The van der Waals surface area contributed by atoms with E-state index in [1.54, 1.807) is 0 Å². The van der Waals surface area contributed by atoms with E-state index in [0.29, 0.717) is 19.6 Å². The Balaban J connectivity index is 1.91. The molecule has 0 aliphatic carbocycles. The van der Waals surface area contributed by atoms with Crippen LogP contribution in [-0.4, -0.2) is 39.5 Å². The SMILES string of the molecule is CCOc1cccn2cc(CCNC(=O)CCC(=O)O)nc12. The molecule has 0 saturated carbocycles. The van der Waals surface area contributed by atoms with Gasteiger partial charge in [-0.3, -0.25) is 9.59 Å². The number of carboxylic acids is 1. The Kier molecular flexibility index (Phi) is 5.35. The topological polar surface area (TPSA) is 92.9 Å². The fourth-order valence-corrected chi connectivity index (χ4v) is 2.07. The van der Waals surface area contributed by atoms with Crippen molar-refractivity contribution >= 4 is 17.5 Å². The van der Waals surface area contributed by atoms with Crippen LogP contribution in [0.4, 0.5) is 0 Å². The molecule has 2 rings (SSSR count). The lowest BCUT2D eigenvalue weighted by Crippen LogP contribution is -2.26. The van der Waals surface area contributed by atoms with Gasteiger partial charge in [0.05, 0.1) is 18.7 Å². The number of pyridine rings is 1. The number of hydrogen-bond donors (Lipinski definition) is 2. The van der Waals surface area contributed by atoms with Crippen LogP contribution in [0.1, 0.15) is 25.5 Å². The standard InChI is InChI=1S/C15H19N3O4/c1-2-22-12-4-3-9-18-10-11(17-15(12)18)7-8-16-13(19)5-6-14(20)21/h3-4,9-10H,2,5-8H2,1H3,(H,16,19)(H,20,21). The summed E-state index contributed by atoms with van der Waals surface area (Å²) in [6, 6.07) is 3.75. The van der Waals surface area contributed by atoms with E-state index in [0.717, 1.165) is 17.1 Å². The number of imidazole rings is 1. The lowest BCUT2D eigenvalue weighted by atomic mass is 10.3. The van der Waals surface area contributed by atoms with E-state index in [2.05, 4.69) is 10.3 Å². The summed E-state index contributed by atoms with van der Waals surface area (Å²) in [6.07, 6.45) is 4.19. The Hall–Kier alpha value is -2.57. The Bertz CT molecular complexity index is 666. The molecule has 2 aromatic rings. The van der Waals surface area contributed by atoms with Crippen molar-refractivity contribution in [2.24, 2.45) is 0 Å². The molecule has 0 aliphatic rings. The highest BCUT2D eigenvalue weighted by Gasteiger charge is 2.08. The van der Waals surface area contributed by atoms with Crippen LogP contribution in [-0.2, 0) is 16.0 Å². The Labute approximate surface area is 127 Å². The molecule has 0 radical (unpaired) electrons. The summed E-state index contributed by atoms with van der Waals surface area (Å²) in [5.74, 6) is -0.512. The van der Waals surface area contributed by atoms with Gasteiger partial charge in [-0.2, -0.15) is 0 Å². The summed E-state index contributed by atoms with van der Waals surface area (Å²) in [5, 5.41) is 11.2. The van der Waals surface area contributed by atoms with Gasteiger partial charge in [-0.1, -0.05) is 0 Å². The molecule has 0 bridgehead atoms. The molecule has 0 fully saturated rings. The van der Waals surface area contributed by atoms with E-state index in [1.807, 2.05) is 35.9 Å². The first-order valence-electron chi connectivity index (χ1n) is 7.18. The quantitative estimate of drug-likeness (QED) is 0.766. The predicted octanol–water partition coefficient (Wildman–Crippen LogP) is 1.26. The Morgan fingerprint density at radius 2 is 2.23 bits per heavy atom. The fourth-order valence-electron chi connectivity index (χ4n) is 2.07. The van der Waals surface area contributed by atoms with Crippen LogP contribution in [0.15, 0.2) is 24.5 Å². The minimum atomic E-state index is -0.973. The third-order valence-electron chi connectivity index (χ3n) is 3.07. The van der Waals surface area contributed by atoms with Crippen molar-refractivity contribution in [1.82, 2.24) is 14.7 Å². The maximum absolute atomic E-state index is 11.4. The van der Waals surface area contributed by atoms with Gasteiger partial charge < -0.3 is 19.6 Å². The van der Waals surface area contributed by atoms with Gasteiger partial charge >= 0.3 is 5.97 Å². The largest absolute Gasteiger partial charge is 0.490 e. The van der Waals surface area contributed by atoms with E-state index in [-0.39, 0.29) is 18.7 Å². The third kappa shape index (κ3) is 4.21. The van der Waals surface area contributed by atoms with Gasteiger partial charge in [-0.15, -0.1) is 0 Å². The van der Waals surface area contributed by atoms with Crippen molar-refractivity contribution in [2.45, 2.75) is 26.2 Å². The summed E-state index contributed by atoms with van der Waals surface area (Å²) in [5.41, 5.74) is 1.59. The van der Waals surface area contributed by atoms with Crippen LogP contribution in [0.25, 0.3) is 5.65 Å². The molecule has 0 saturated heterocycles. The fraction of sp³-hybridized carbons (Fsp3) is 0.400. The molecule has 7 nitrogen and oxygen atoms in total. The first kappa shape index (κ1) is 15.8. The molecule has 118 valence electrons. The highest BCUT2D eigenvalue weighted by Crippen LogP contribution is 2.18. The normalized spacial score (nSPS) is 10.6. The van der Waals surface area contributed by atoms with Crippen molar-refractivity contribution in [3.05, 3.63) is 30.2 Å². The van der Waals surface area contributed by atoms with E-state index in [1.165, 1.54) is 0 Å². The molecule has 7 heteroatoms. The number of nitrogens with one attached hydrogen (secondary N) is 1. The second-order valence-corrected chi connectivity index (χ2v) is 4.76. The van der Waals surface area contributed by atoms with Crippen molar-refractivity contribution in [2.75, 3.05) is 13.2 Å². The maximum Gasteiger partial charge on any atom is 0.303 e. The van der Waals surface area contributed by atoms with Crippen LogP contribution >= 0.6 is 0 Å². The summed E-state index contributed by atoms with van der Waals surface area (Å²) in [7, 11) is 0. The van der Waals surface area contributed by atoms with Crippen LogP contribution < -0.4 is 10.1 Å². The van der Waals surface area contributed by atoms with E-state index in [9.17, 15) is 9.59 Å². The maximum atomic E-state index is 11.4. The minimum absolute atomic E-state index is 0.00497. The Morgan fingerprint density at radius 1 is 1.41 bits per heavy atom. The van der Waals surface area contributed by atoms with Gasteiger partial charge in [0.25, 0.3) is 0 Å². The van der Waals surface area contributed by atoms with E-state index >= 15 is 0 Å². The second-order valence-electron chi connectivity index (χ2n) is 4.76. The predicted molar refractivity (Wildman–Crippen MR) is 79.9 cm³/mol. The summed E-state index contributed by atoms with van der Waals surface area (Å²) >= 11 is 0. The number of hydrogen-bond acceptors (Lipinski definition) is 4. The first-order valence-corrected chi connectivity index (χ1v) is 7.18. The molecule has 0 unspecified atom stereocenters. The van der Waals surface area contributed by atoms with E-state index < -0.39 is 5.97 Å². The van der Waals surface area contributed by atoms with Crippen molar-refractivity contribution in [3.8, 4) is 5.75 Å². The molecule has 2 heterocycles. The second kappa shape index (κ2) is 7.44. The number of carbonyl (C=O) groups excluding carboxylic acids is 1. The number of carboxylic acid groups (broad SMARTS) is 1. The zero-order valence-corrected chi connectivity index (χ0v) is 12.4. The van der Waals surface area contributed by atoms with Crippen LogP contribution in [0.5, 0.6) is 5.75 Å². The highest BCUT2D eigenvalue weighted by molar-refractivity contribution is 5.80. The highest BCUT2D eigenvalue weighted by atomic mass is 16.5. The molecular formula is C15H19N3O4. The summed E-state index contributed by atoms with van der Waals surface area (Å²) in [6.45, 7) is 2.91. The van der Waals surface area contributed by atoms with Gasteiger partial charge in [0, 0.05) is 31.8 Å². The number of aromatic nitrogens is 2. The van der Waals surface area contributed by atoms with Gasteiger partial charge in [0.2, 0.25) is 5.91 Å². The summed E-state index contributed by atoms with van der Waals surface area (Å²) in [4.78, 5) is 26.3. The number of ether oxygens (including phenoxy) is 1. The molecule has 22 heavy (non-hydrogen) atoms. The monoisotopic (exact) mass is 305 g/mol. The van der Waals surface area contributed by atoms with Crippen LogP contribution in [0, 0.1) is 0 Å². The first-order chi connectivity index (χ1) is 10.6. The molecule has 0 aromatic carbocycles. The molecule has 2 aromatic heterocycles.